The Morgan fingerprint density at radius 1 is 1.06 bits per heavy atom. The van der Waals surface area contributed by atoms with Crippen LogP contribution in [0.3, 0.4) is 0 Å². The highest BCUT2D eigenvalue weighted by Gasteiger charge is 2.30. The van der Waals surface area contributed by atoms with Crippen LogP contribution in [0.1, 0.15) is 70.1 Å². The summed E-state index contributed by atoms with van der Waals surface area (Å²) in [4.78, 5) is 26.3. The molecule has 1 heterocycles. The molecule has 0 radical (unpaired) electrons. The first-order valence-electron chi connectivity index (χ1n) is 11.4. The average Bonchev–Trinajstić information content (AvgIpc) is 2.73. The van der Waals surface area contributed by atoms with Crippen molar-refractivity contribution in [1.29, 1.82) is 0 Å². The van der Waals surface area contributed by atoms with Crippen molar-refractivity contribution in [3.63, 3.8) is 0 Å². The van der Waals surface area contributed by atoms with Gasteiger partial charge in [-0.05, 0) is 60.9 Å². The van der Waals surface area contributed by atoms with Crippen LogP contribution in [-0.2, 0) is 21.4 Å². The first-order chi connectivity index (χ1) is 15.0. The molecule has 2 aromatic carbocycles. The van der Waals surface area contributed by atoms with E-state index in [1.165, 1.54) is 19.4 Å². The Bertz CT molecular complexity index is 956. The van der Waals surface area contributed by atoms with Gasteiger partial charge < -0.3 is 14.7 Å². The summed E-state index contributed by atoms with van der Waals surface area (Å²) in [6, 6.07) is 16.0. The summed E-state index contributed by atoms with van der Waals surface area (Å²) in [6.45, 7) is 11.1. The van der Waals surface area contributed by atoms with E-state index in [0.29, 0.717) is 18.7 Å². The van der Waals surface area contributed by atoms with E-state index < -0.39 is 11.6 Å². The number of carboxylic acid groups (broad SMARTS) is 1. The van der Waals surface area contributed by atoms with E-state index >= 15 is 0 Å². The molecule has 1 saturated heterocycles. The smallest absolute Gasteiger partial charge is 0.347 e. The Kier molecular flexibility index (Phi) is 6.97. The van der Waals surface area contributed by atoms with E-state index in [1.54, 1.807) is 6.07 Å². The van der Waals surface area contributed by atoms with E-state index in [9.17, 15) is 14.7 Å². The molecule has 0 aromatic heterocycles. The molecule has 2 aromatic rings. The zero-order valence-electron chi connectivity index (χ0n) is 19.9. The Balaban J connectivity index is 1.65. The number of likely N-dealkylation sites (tertiary alicyclic amines) is 1. The SMILES string of the molecule is CC(C)(Oc1cccc(C2CCCN(C(=O)Cc3ccc(C(C)(C)C)cc3)C2)c1)C(=O)O. The number of rotatable bonds is 6. The first kappa shape index (κ1) is 23.8. The number of benzene rings is 2. The Labute approximate surface area is 191 Å². The van der Waals surface area contributed by atoms with Gasteiger partial charge in [-0.15, -0.1) is 0 Å². The molecule has 5 nitrogen and oxygen atoms in total. The van der Waals surface area contributed by atoms with E-state index in [0.717, 1.165) is 30.5 Å². The summed E-state index contributed by atoms with van der Waals surface area (Å²) >= 11 is 0. The van der Waals surface area contributed by atoms with Gasteiger partial charge in [-0.2, -0.15) is 0 Å². The highest BCUT2D eigenvalue weighted by Crippen LogP contribution is 2.31. The first-order valence-corrected chi connectivity index (χ1v) is 11.4. The Hall–Kier alpha value is -2.82. The van der Waals surface area contributed by atoms with E-state index in [4.69, 9.17) is 4.74 Å². The van der Waals surface area contributed by atoms with Crippen LogP contribution >= 0.6 is 0 Å². The van der Waals surface area contributed by atoms with Gasteiger partial charge in [0.25, 0.3) is 0 Å². The van der Waals surface area contributed by atoms with Crippen LogP contribution in [0.4, 0.5) is 0 Å². The van der Waals surface area contributed by atoms with Crippen LogP contribution in [0.2, 0.25) is 0 Å². The van der Waals surface area contributed by atoms with Crippen molar-refractivity contribution in [1.82, 2.24) is 4.90 Å². The zero-order valence-corrected chi connectivity index (χ0v) is 19.9. The number of aliphatic carboxylic acids is 1. The van der Waals surface area contributed by atoms with Gasteiger partial charge in [-0.3, -0.25) is 4.79 Å². The summed E-state index contributed by atoms with van der Waals surface area (Å²) in [5.74, 6) is -0.102. The fourth-order valence-electron chi connectivity index (χ4n) is 4.06. The van der Waals surface area contributed by atoms with Gasteiger partial charge in [-0.25, -0.2) is 4.79 Å². The topological polar surface area (TPSA) is 66.8 Å². The predicted molar refractivity (Wildman–Crippen MR) is 126 cm³/mol. The molecule has 3 rings (SSSR count). The van der Waals surface area contributed by atoms with E-state index in [-0.39, 0.29) is 17.2 Å². The van der Waals surface area contributed by atoms with Crippen molar-refractivity contribution in [2.75, 3.05) is 13.1 Å². The van der Waals surface area contributed by atoms with Crippen molar-refractivity contribution in [2.45, 2.75) is 70.8 Å². The van der Waals surface area contributed by atoms with Gasteiger partial charge in [0.2, 0.25) is 5.91 Å². The molecule has 1 aliphatic rings. The summed E-state index contributed by atoms with van der Waals surface area (Å²) in [6.07, 6.45) is 2.36. The van der Waals surface area contributed by atoms with Crippen molar-refractivity contribution >= 4 is 11.9 Å². The molecule has 1 fully saturated rings. The summed E-state index contributed by atoms with van der Waals surface area (Å²) < 4.78 is 5.70. The second-order valence-electron chi connectivity index (χ2n) is 10.3. The lowest BCUT2D eigenvalue weighted by Crippen LogP contribution is -2.40. The molecule has 0 spiro atoms. The number of nitrogens with zero attached hydrogens (tertiary/aromatic N) is 1. The second kappa shape index (κ2) is 9.35. The number of piperidine rings is 1. The highest BCUT2D eigenvalue weighted by atomic mass is 16.5. The summed E-state index contributed by atoms with van der Waals surface area (Å²) in [5.41, 5.74) is 2.18. The highest BCUT2D eigenvalue weighted by molar-refractivity contribution is 5.79. The molecule has 172 valence electrons. The lowest BCUT2D eigenvalue weighted by molar-refractivity contribution is -0.152. The van der Waals surface area contributed by atoms with Gasteiger partial charge in [0, 0.05) is 19.0 Å². The maximum Gasteiger partial charge on any atom is 0.347 e. The zero-order chi connectivity index (χ0) is 23.5. The summed E-state index contributed by atoms with van der Waals surface area (Å²) in [5, 5.41) is 9.32. The molecule has 1 amide bonds. The fourth-order valence-corrected chi connectivity index (χ4v) is 4.06. The minimum absolute atomic E-state index is 0.0978. The fraction of sp³-hybridized carbons (Fsp3) is 0.481. The van der Waals surface area contributed by atoms with Crippen molar-refractivity contribution < 1.29 is 19.4 Å². The molecule has 5 heteroatoms. The summed E-state index contributed by atoms with van der Waals surface area (Å²) in [7, 11) is 0. The lowest BCUT2D eigenvalue weighted by Gasteiger charge is -2.33. The van der Waals surface area contributed by atoms with Gasteiger partial charge >= 0.3 is 5.97 Å². The molecule has 1 aliphatic heterocycles. The molecule has 0 aliphatic carbocycles. The molecule has 0 bridgehead atoms. The molecule has 1 atom stereocenters. The van der Waals surface area contributed by atoms with E-state index in [2.05, 4.69) is 45.0 Å². The lowest BCUT2D eigenvalue weighted by atomic mass is 9.86. The standard InChI is InChI=1S/C27H35NO4/c1-26(2,3)22-13-11-19(12-14-22)16-24(29)28-15-7-9-21(18-28)20-8-6-10-23(17-20)32-27(4,5)25(30)31/h6,8,10-14,17,21H,7,9,15-16,18H2,1-5H3,(H,30,31). The maximum atomic E-state index is 13.0. The van der Waals surface area contributed by atoms with Crippen molar-refractivity contribution in [3.8, 4) is 5.75 Å². The van der Waals surface area contributed by atoms with Gasteiger partial charge in [-0.1, -0.05) is 57.2 Å². The number of ether oxygens (including phenoxy) is 1. The largest absolute Gasteiger partial charge is 0.478 e. The molecule has 0 saturated carbocycles. The van der Waals surface area contributed by atoms with Crippen molar-refractivity contribution in [2.24, 2.45) is 0 Å². The number of hydrogen-bond donors (Lipinski definition) is 1. The monoisotopic (exact) mass is 437 g/mol. The normalized spacial score (nSPS) is 17.2. The number of amides is 1. The number of carbonyl (C=O) groups is 2. The third-order valence-electron chi connectivity index (χ3n) is 6.17. The number of hydrogen-bond acceptors (Lipinski definition) is 3. The maximum absolute atomic E-state index is 13.0. The Morgan fingerprint density at radius 3 is 2.38 bits per heavy atom. The molecule has 1 unspecified atom stereocenters. The van der Waals surface area contributed by atoms with Gasteiger partial charge in [0.1, 0.15) is 5.75 Å². The third kappa shape index (κ3) is 5.90. The van der Waals surface area contributed by atoms with Crippen molar-refractivity contribution in [3.05, 3.63) is 65.2 Å². The molecular weight excluding hydrogens is 402 g/mol. The van der Waals surface area contributed by atoms with Crippen LogP contribution in [0.25, 0.3) is 0 Å². The van der Waals surface area contributed by atoms with Crippen LogP contribution < -0.4 is 4.74 Å². The molecular formula is C27H35NO4. The van der Waals surface area contributed by atoms with Gasteiger partial charge in [0.05, 0.1) is 6.42 Å². The van der Waals surface area contributed by atoms with Crippen LogP contribution in [0, 0.1) is 0 Å². The quantitative estimate of drug-likeness (QED) is 0.677. The van der Waals surface area contributed by atoms with Crippen LogP contribution in [0.5, 0.6) is 5.75 Å². The minimum atomic E-state index is -1.30. The predicted octanol–water partition coefficient (Wildman–Crippen LogP) is 5.17. The molecule has 1 N–H and O–H groups in total. The second-order valence-corrected chi connectivity index (χ2v) is 10.3. The van der Waals surface area contributed by atoms with Crippen LogP contribution in [0.15, 0.2) is 48.5 Å². The van der Waals surface area contributed by atoms with E-state index in [1.807, 2.05) is 23.1 Å². The van der Waals surface area contributed by atoms with Crippen LogP contribution in [-0.4, -0.2) is 40.6 Å². The third-order valence-corrected chi connectivity index (χ3v) is 6.17. The number of carbonyl (C=O) groups excluding carboxylic acids is 1. The number of carboxylic acids is 1. The molecule has 32 heavy (non-hydrogen) atoms. The minimum Gasteiger partial charge on any atom is -0.478 e. The average molecular weight is 438 g/mol. The van der Waals surface area contributed by atoms with Gasteiger partial charge in [0.15, 0.2) is 5.60 Å². The Morgan fingerprint density at radius 2 is 1.75 bits per heavy atom.